The summed E-state index contributed by atoms with van der Waals surface area (Å²) in [7, 11) is 1.86. The quantitative estimate of drug-likeness (QED) is 0.539. The maximum atomic E-state index is 9.70. The molecule has 0 spiro atoms. The smallest absolute Gasteiger partial charge is 0.110 e. The molecule has 4 N–H and O–H groups in total. The van der Waals surface area contributed by atoms with Crippen molar-refractivity contribution in [1.82, 2.24) is 20.5 Å². The molecule has 2 heterocycles. The van der Waals surface area contributed by atoms with Gasteiger partial charge in [0, 0.05) is 45.1 Å². The van der Waals surface area contributed by atoms with Crippen LogP contribution >= 0.6 is 0 Å². The molecule has 1 aliphatic carbocycles. The predicted molar refractivity (Wildman–Crippen MR) is 106 cm³/mol. The summed E-state index contributed by atoms with van der Waals surface area (Å²) in [5.41, 5.74) is 2.74. The lowest BCUT2D eigenvalue weighted by Gasteiger charge is -2.29. The first-order valence-electron chi connectivity index (χ1n) is 9.82. The van der Waals surface area contributed by atoms with Crippen molar-refractivity contribution in [1.29, 1.82) is 5.41 Å². The third-order valence-electron chi connectivity index (χ3n) is 5.32. The monoisotopic (exact) mass is 373 g/mol. The van der Waals surface area contributed by atoms with E-state index in [1.165, 1.54) is 11.8 Å². The first kappa shape index (κ1) is 19.8. The first-order chi connectivity index (χ1) is 13.2. The van der Waals surface area contributed by atoms with Gasteiger partial charge in [0.1, 0.15) is 5.82 Å². The van der Waals surface area contributed by atoms with Crippen LogP contribution in [0.3, 0.4) is 0 Å². The molecule has 0 unspecified atom stereocenters. The average Bonchev–Trinajstić information content (AvgIpc) is 2.70. The Kier molecular flexibility index (Phi) is 7.20. The Labute approximate surface area is 161 Å². The number of pyridine rings is 1. The van der Waals surface area contributed by atoms with Crippen LogP contribution in [0.25, 0.3) is 5.57 Å². The fraction of sp³-hybridized carbons (Fsp3) is 0.600. The van der Waals surface area contributed by atoms with Gasteiger partial charge in [-0.3, -0.25) is 9.88 Å². The number of ether oxygens (including phenoxy) is 1. The molecule has 2 aliphatic rings. The summed E-state index contributed by atoms with van der Waals surface area (Å²) >= 11 is 0. The SMILES string of the molecule is CN/C(N[C@H]1CC[C@H](O)CC1)=C(\C=N)c1cc(CN2CCOCC2)ccn1. The molecular formula is C20H31N5O2. The molecule has 2 fully saturated rings. The van der Waals surface area contributed by atoms with Crippen LogP contribution in [-0.4, -0.2) is 66.7 Å². The number of hydrogen-bond donors (Lipinski definition) is 4. The van der Waals surface area contributed by atoms with Crippen LogP contribution in [0.2, 0.25) is 0 Å². The Morgan fingerprint density at radius 3 is 2.74 bits per heavy atom. The molecule has 0 atom stereocenters. The molecule has 1 saturated heterocycles. The number of rotatable bonds is 7. The third kappa shape index (κ3) is 5.51. The molecule has 0 amide bonds. The highest BCUT2D eigenvalue weighted by Crippen LogP contribution is 2.21. The highest BCUT2D eigenvalue weighted by Gasteiger charge is 2.21. The lowest BCUT2D eigenvalue weighted by molar-refractivity contribution is 0.0342. The molecule has 3 rings (SSSR count). The van der Waals surface area contributed by atoms with Crippen molar-refractivity contribution in [3.05, 3.63) is 35.4 Å². The maximum absolute atomic E-state index is 9.70. The van der Waals surface area contributed by atoms with Gasteiger partial charge >= 0.3 is 0 Å². The molecule has 1 aliphatic heterocycles. The van der Waals surface area contributed by atoms with Crippen LogP contribution < -0.4 is 10.6 Å². The van der Waals surface area contributed by atoms with Crippen LogP contribution in [-0.2, 0) is 11.3 Å². The molecule has 0 radical (unpaired) electrons. The van der Waals surface area contributed by atoms with Crippen molar-refractivity contribution in [3.63, 3.8) is 0 Å². The average molecular weight is 374 g/mol. The van der Waals surface area contributed by atoms with E-state index in [0.717, 1.165) is 75.6 Å². The number of nitrogens with one attached hydrogen (secondary N) is 3. The Balaban J connectivity index is 1.74. The number of aromatic nitrogens is 1. The van der Waals surface area contributed by atoms with E-state index in [9.17, 15) is 5.11 Å². The zero-order valence-electron chi connectivity index (χ0n) is 16.1. The van der Waals surface area contributed by atoms with Crippen LogP contribution in [0.15, 0.2) is 24.2 Å². The summed E-state index contributed by atoms with van der Waals surface area (Å²) in [6, 6.07) is 4.41. The first-order valence-corrected chi connectivity index (χ1v) is 9.82. The van der Waals surface area contributed by atoms with Crippen LogP contribution in [0.1, 0.15) is 36.9 Å². The van der Waals surface area contributed by atoms with Gasteiger partial charge in [-0.05, 0) is 43.4 Å². The summed E-state index contributed by atoms with van der Waals surface area (Å²) in [6.45, 7) is 4.33. The molecular weight excluding hydrogens is 342 g/mol. The minimum Gasteiger partial charge on any atom is -0.393 e. The fourth-order valence-corrected chi connectivity index (χ4v) is 3.72. The Hall–Kier alpha value is -1.96. The topological polar surface area (TPSA) is 93.5 Å². The number of aliphatic hydroxyl groups is 1. The number of hydrogen-bond acceptors (Lipinski definition) is 7. The predicted octanol–water partition coefficient (Wildman–Crippen LogP) is 1.34. The second-order valence-electron chi connectivity index (χ2n) is 7.27. The maximum Gasteiger partial charge on any atom is 0.110 e. The lowest BCUT2D eigenvalue weighted by atomic mass is 9.93. The van der Waals surface area contributed by atoms with Gasteiger partial charge in [0.2, 0.25) is 0 Å². The largest absolute Gasteiger partial charge is 0.393 e. The number of morpholine rings is 1. The molecule has 0 bridgehead atoms. The van der Waals surface area contributed by atoms with E-state index in [1.807, 2.05) is 19.3 Å². The number of allylic oxidation sites excluding steroid dienone is 1. The summed E-state index contributed by atoms with van der Waals surface area (Å²) in [5, 5.41) is 24.4. The summed E-state index contributed by atoms with van der Waals surface area (Å²) < 4.78 is 5.42. The van der Waals surface area contributed by atoms with Crippen LogP contribution in [0, 0.1) is 5.41 Å². The van der Waals surface area contributed by atoms with Crippen molar-refractivity contribution < 1.29 is 9.84 Å². The normalized spacial score (nSPS) is 24.8. The highest BCUT2D eigenvalue weighted by atomic mass is 16.5. The third-order valence-corrected chi connectivity index (χ3v) is 5.32. The van der Waals surface area contributed by atoms with Crippen molar-refractivity contribution in [2.24, 2.45) is 0 Å². The summed E-state index contributed by atoms with van der Waals surface area (Å²) in [4.78, 5) is 6.88. The van der Waals surface area contributed by atoms with Gasteiger partial charge in [-0.15, -0.1) is 0 Å². The van der Waals surface area contributed by atoms with Gasteiger partial charge in [0.05, 0.1) is 30.6 Å². The van der Waals surface area contributed by atoms with Crippen molar-refractivity contribution in [2.75, 3.05) is 33.4 Å². The molecule has 0 aromatic carbocycles. The van der Waals surface area contributed by atoms with Gasteiger partial charge in [-0.1, -0.05) is 0 Å². The molecule has 1 aromatic rings. The van der Waals surface area contributed by atoms with Gasteiger partial charge in [-0.25, -0.2) is 0 Å². The fourth-order valence-electron chi connectivity index (χ4n) is 3.72. The minimum atomic E-state index is -0.175. The van der Waals surface area contributed by atoms with E-state index in [4.69, 9.17) is 10.1 Å². The summed E-state index contributed by atoms with van der Waals surface area (Å²) in [6.07, 6.45) is 6.51. The van der Waals surface area contributed by atoms with E-state index < -0.39 is 0 Å². The van der Waals surface area contributed by atoms with Crippen molar-refractivity contribution >= 4 is 11.8 Å². The standard InChI is InChI=1S/C20H31N5O2/c1-22-20(24-16-2-4-17(26)5-3-16)18(13-21)19-12-15(6-7-23-19)14-25-8-10-27-11-9-25/h6-7,12-13,16-17,21-22,24,26H,2-5,8-11,14H2,1H3/b20-18-,21-13?/t16-,17-. The van der Waals surface area contributed by atoms with Crippen LogP contribution in [0.4, 0.5) is 0 Å². The molecule has 27 heavy (non-hydrogen) atoms. The zero-order valence-corrected chi connectivity index (χ0v) is 16.1. The Morgan fingerprint density at radius 1 is 1.33 bits per heavy atom. The molecule has 1 aromatic heterocycles. The van der Waals surface area contributed by atoms with Gasteiger partial charge in [-0.2, -0.15) is 0 Å². The summed E-state index contributed by atoms with van der Waals surface area (Å²) in [5.74, 6) is 0.822. The second kappa shape index (κ2) is 9.82. The van der Waals surface area contributed by atoms with Gasteiger partial charge in [0.25, 0.3) is 0 Å². The Bertz CT molecular complexity index is 650. The molecule has 7 nitrogen and oxygen atoms in total. The van der Waals surface area contributed by atoms with Gasteiger partial charge < -0.3 is 25.9 Å². The molecule has 7 heteroatoms. The lowest BCUT2D eigenvalue weighted by Crippen LogP contribution is -2.38. The zero-order chi connectivity index (χ0) is 19.1. The van der Waals surface area contributed by atoms with E-state index in [0.29, 0.717) is 6.04 Å². The van der Waals surface area contributed by atoms with E-state index in [1.54, 1.807) is 0 Å². The minimum absolute atomic E-state index is 0.175. The highest BCUT2D eigenvalue weighted by molar-refractivity contribution is 6.08. The number of aliphatic hydroxyl groups excluding tert-OH is 1. The Morgan fingerprint density at radius 2 is 2.07 bits per heavy atom. The van der Waals surface area contributed by atoms with E-state index in [-0.39, 0.29) is 6.10 Å². The van der Waals surface area contributed by atoms with Crippen LogP contribution in [0.5, 0.6) is 0 Å². The second-order valence-corrected chi connectivity index (χ2v) is 7.27. The molecule has 1 saturated carbocycles. The van der Waals surface area contributed by atoms with Crippen molar-refractivity contribution in [2.45, 2.75) is 44.4 Å². The van der Waals surface area contributed by atoms with Gasteiger partial charge in [0.15, 0.2) is 0 Å². The molecule has 148 valence electrons. The number of nitrogens with zero attached hydrogens (tertiary/aromatic N) is 2. The van der Waals surface area contributed by atoms with E-state index in [2.05, 4.69) is 26.6 Å². The van der Waals surface area contributed by atoms with Crippen molar-refractivity contribution in [3.8, 4) is 0 Å². The van der Waals surface area contributed by atoms with E-state index >= 15 is 0 Å².